The fraction of sp³-hybridized carbons (Fsp3) is 0.619. The average molecular weight is 793 g/mol. The lowest BCUT2D eigenvalue weighted by atomic mass is 9.92. The number of ether oxygens (including phenoxy) is 4. The highest BCUT2D eigenvalue weighted by Gasteiger charge is 2.38. The molecule has 0 heterocycles. The Balaban J connectivity index is 5.63. The molecular formula is C21H28O8S12. The summed E-state index contributed by atoms with van der Waals surface area (Å²) >= 11 is 40.3. The summed E-state index contributed by atoms with van der Waals surface area (Å²) in [6, 6.07) is 0. The van der Waals surface area contributed by atoms with Gasteiger partial charge >= 0.3 is 23.9 Å². The first-order valence-electron chi connectivity index (χ1n) is 11.3. The SMILES string of the molecule is O=C(CCSC(=S)S)OCC(COC(=O)CCSC(=S)S)(COC(=O)CCSC(=S)S)COC(=O)CCSC(=S)S. The molecule has 0 atom stereocenters. The van der Waals surface area contributed by atoms with Gasteiger partial charge in [-0.3, -0.25) is 19.2 Å². The van der Waals surface area contributed by atoms with Gasteiger partial charge in [0.2, 0.25) is 0 Å². The summed E-state index contributed by atoms with van der Waals surface area (Å²) in [5.74, 6) is -0.948. The second-order valence-electron chi connectivity index (χ2n) is 7.60. The van der Waals surface area contributed by atoms with Gasteiger partial charge in [-0.05, 0) is 0 Å². The molecule has 0 fully saturated rings. The molecule has 0 unspecified atom stereocenters. The van der Waals surface area contributed by atoms with Crippen molar-refractivity contribution in [1.29, 1.82) is 0 Å². The van der Waals surface area contributed by atoms with Crippen LogP contribution >= 0.6 is 146 Å². The Bertz CT molecular complexity index is 796. The summed E-state index contributed by atoms with van der Waals surface area (Å²) in [5, 5.41) is 0. The summed E-state index contributed by atoms with van der Waals surface area (Å²) in [6.07, 6.45) is 0.0690. The minimum absolute atomic E-state index is 0.0173. The van der Waals surface area contributed by atoms with E-state index in [2.05, 4.69) is 50.5 Å². The van der Waals surface area contributed by atoms with Crippen LogP contribution in [0.4, 0.5) is 0 Å². The molecule has 0 saturated carbocycles. The van der Waals surface area contributed by atoms with Crippen LogP contribution in [-0.2, 0) is 38.1 Å². The molecule has 0 saturated heterocycles. The fourth-order valence-corrected chi connectivity index (χ4v) is 6.23. The van der Waals surface area contributed by atoms with E-state index in [1.807, 2.05) is 0 Å². The van der Waals surface area contributed by atoms with Crippen molar-refractivity contribution < 1.29 is 38.1 Å². The Morgan fingerprint density at radius 2 is 0.659 bits per heavy atom. The van der Waals surface area contributed by atoms with E-state index in [0.717, 1.165) is 0 Å². The average Bonchev–Trinajstić information content (AvgIpc) is 2.87. The van der Waals surface area contributed by atoms with E-state index in [1.165, 1.54) is 47.0 Å². The van der Waals surface area contributed by atoms with Gasteiger partial charge in [-0.1, -0.05) is 48.9 Å². The molecule has 0 spiro atoms. The number of carbonyl (C=O) groups is 4. The lowest BCUT2D eigenvalue weighted by Gasteiger charge is -2.31. The van der Waals surface area contributed by atoms with Gasteiger partial charge in [0.05, 0.1) is 25.7 Å². The van der Waals surface area contributed by atoms with Crippen molar-refractivity contribution in [2.45, 2.75) is 25.7 Å². The van der Waals surface area contributed by atoms with Crippen LogP contribution in [0.25, 0.3) is 0 Å². The molecule has 0 aliphatic heterocycles. The number of carbonyl (C=O) groups excluding carboxylic acids is 4. The molecule has 20 heteroatoms. The number of hydrogen-bond acceptors (Lipinski definition) is 16. The lowest BCUT2D eigenvalue weighted by molar-refractivity contribution is -0.170. The number of thioether (sulfide) groups is 4. The molecule has 232 valence electrons. The third kappa shape index (κ3) is 26.0. The Morgan fingerprint density at radius 1 is 0.463 bits per heavy atom. The van der Waals surface area contributed by atoms with E-state index >= 15 is 0 Å². The second-order valence-corrected chi connectivity index (χ2v) is 18.9. The first-order chi connectivity index (χ1) is 19.2. The highest BCUT2D eigenvalue weighted by Crippen LogP contribution is 2.24. The highest BCUT2D eigenvalue weighted by atomic mass is 32.2. The van der Waals surface area contributed by atoms with Crippen LogP contribution in [0.1, 0.15) is 25.7 Å². The van der Waals surface area contributed by atoms with Crippen LogP contribution in [0.15, 0.2) is 0 Å². The summed E-state index contributed by atoms with van der Waals surface area (Å²) < 4.78 is 23.3. The maximum atomic E-state index is 12.4. The molecule has 0 N–H and O–H groups in total. The third-order valence-electron chi connectivity index (χ3n) is 4.28. The van der Waals surface area contributed by atoms with Crippen molar-refractivity contribution >= 4 is 184 Å². The zero-order chi connectivity index (χ0) is 31.3. The molecule has 41 heavy (non-hydrogen) atoms. The molecule has 0 aliphatic carbocycles. The van der Waals surface area contributed by atoms with Crippen molar-refractivity contribution in [2.75, 3.05) is 49.4 Å². The van der Waals surface area contributed by atoms with Crippen LogP contribution in [0.3, 0.4) is 0 Å². The molecule has 0 amide bonds. The van der Waals surface area contributed by atoms with Gasteiger partial charge in [0.25, 0.3) is 0 Å². The predicted molar refractivity (Wildman–Crippen MR) is 201 cm³/mol. The van der Waals surface area contributed by atoms with Gasteiger partial charge in [-0.15, -0.1) is 97.6 Å². The van der Waals surface area contributed by atoms with Gasteiger partial charge in [0, 0.05) is 23.0 Å². The quantitative estimate of drug-likeness (QED) is 0.0540. The molecule has 0 aliphatic rings. The fourth-order valence-electron chi connectivity index (χ4n) is 2.36. The van der Waals surface area contributed by atoms with Crippen LogP contribution in [0, 0.1) is 5.41 Å². The summed E-state index contributed by atoms with van der Waals surface area (Å²) in [4.78, 5) is 49.6. The van der Waals surface area contributed by atoms with Crippen molar-refractivity contribution in [3.63, 3.8) is 0 Å². The van der Waals surface area contributed by atoms with E-state index in [9.17, 15) is 19.2 Å². The van der Waals surface area contributed by atoms with Crippen molar-refractivity contribution in [1.82, 2.24) is 0 Å². The van der Waals surface area contributed by atoms with E-state index in [-0.39, 0.29) is 52.1 Å². The minimum Gasteiger partial charge on any atom is -0.465 e. The normalized spacial score (nSPS) is 10.8. The Labute approximate surface area is 300 Å². The van der Waals surface area contributed by atoms with Crippen LogP contribution in [0.2, 0.25) is 0 Å². The third-order valence-corrected chi connectivity index (χ3v) is 9.87. The Hall–Kier alpha value is 1.04. The van der Waals surface area contributed by atoms with Crippen LogP contribution in [0.5, 0.6) is 0 Å². The molecule has 0 bridgehead atoms. The molecular weight excluding hydrogens is 765 g/mol. The van der Waals surface area contributed by atoms with E-state index in [4.69, 9.17) is 67.8 Å². The van der Waals surface area contributed by atoms with Crippen LogP contribution < -0.4 is 0 Å². The molecule has 0 aromatic heterocycles. The second kappa shape index (κ2) is 25.3. The van der Waals surface area contributed by atoms with Gasteiger partial charge < -0.3 is 18.9 Å². The standard InChI is InChI=1S/C21H28O8S12/c22-13(1-5-38-17(30)31)26-9-21(10-27-14(23)2-6-39-18(32)33,11-28-15(24)3-7-40-19(34)35)12-29-16(25)4-8-41-20(36)37/h1-12H2,(H,30,31)(H,32,33)(H,34,35)(H,36,37). The summed E-state index contributed by atoms with van der Waals surface area (Å²) in [6.45, 7) is -1.46. The number of hydrogen-bond donors (Lipinski definition) is 4. The topological polar surface area (TPSA) is 105 Å². The maximum Gasteiger partial charge on any atom is 0.306 e. The number of rotatable bonds is 20. The Kier molecular flexibility index (Phi) is 25.9. The van der Waals surface area contributed by atoms with Gasteiger partial charge in [-0.25, -0.2) is 0 Å². The van der Waals surface area contributed by atoms with E-state index in [0.29, 0.717) is 37.1 Å². The zero-order valence-corrected chi connectivity index (χ0v) is 31.4. The van der Waals surface area contributed by atoms with Gasteiger partial charge in [-0.2, -0.15) is 0 Å². The minimum atomic E-state index is -1.38. The van der Waals surface area contributed by atoms with Crippen molar-refractivity contribution in [2.24, 2.45) is 5.41 Å². The molecule has 8 nitrogen and oxygen atoms in total. The molecule has 0 radical (unpaired) electrons. The lowest BCUT2D eigenvalue weighted by Crippen LogP contribution is -2.44. The predicted octanol–water partition coefficient (Wildman–Crippen LogP) is 5.50. The molecule has 0 aromatic rings. The summed E-state index contributed by atoms with van der Waals surface area (Å²) in [5.41, 5.74) is -1.38. The van der Waals surface area contributed by atoms with Gasteiger partial charge in [0.15, 0.2) is 0 Å². The van der Waals surface area contributed by atoms with Crippen LogP contribution in [-0.4, -0.2) is 87.4 Å². The van der Waals surface area contributed by atoms with E-state index < -0.39 is 29.3 Å². The summed E-state index contributed by atoms with van der Waals surface area (Å²) in [7, 11) is 0. The Morgan fingerprint density at radius 3 is 0.829 bits per heavy atom. The van der Waals surface area contributed by atoms with Gasteiger partial charge in [0.1, 0.15) is 46.0 Å². The van der Waals surface area contributed by atoms with Crippen molar-refractivity contribution in [3.8, 4) is 0 Å². The highest BCUT2D eigenvalue weighted by molar-refractivity contribution is 8.43. The first kappa shape index (κ1) is 42.0. The van der Waals surface area contributed by atoms with E-state index in [1.54, 1.807) is 0 Å². The zero-order valence-electron chi connectivity index (χ0n) is 21.3. The maximum absolute atomic E-state index is 12.4. The molecule has 0 aromatic carbocycles. The number of esters is 4. The monoisotopic (exact) mass is 792 g/mol. The first-order valence-corrected chi connectivity index (χ1v) is 18.7. The molecule has 0 rings (SSSR count). The van der Waals surface area contributed by atoms with Crippen molar-refractivity contribution in [3.05, 3.63) is 0 Å². The number of thiol groups is 4. The smallest absolute Gasteiger partial charge is 0.306 e. The number of thiocarbonyl (C=S) groups is 4. The largest absolute Gasteiger partial charge is 0.465 e.